The molecule has 4 heteroatoms. The van der Waals surface area contributed by atoms with Crippen LogP contribution in [-0.2, 0) is 17.3 Å². The summed E-state index contributed by atoms with van der Waals surface area (Å²) in [5, 5.41) is 0. The summed E-state index contributed by atoms with van der Waals surface area (Å²) < 4.78 is 0. The van der Waals surface area contributed by atoms with Gasteiger partial charge in [0, 0.05) is 50.8 Å². The number of rotatable bonds is 9. The van der Waals surface area contributed by atoms with E-state index in [4.69, 9.17) is 0 Å². The first-order chi connectivity index (χ1) is 41.4. The molecule has 2 aliphatic carbocycles. The molecule has 3 aliphatic heterocycles. The Balaban J connectivity index is 1.01. The van der Waals surface area contributed by atoms with Gasteiger partial charge in [-0.05, 0) is 180 Å². The lowest BCUT2D eigenvalue weighted by atomic mass is 9.42. The van der Waals surface area contributed by atoms with Gasteiger partial charge in [-0.2, -0.15) is 0 Å². The van der Waals surface area contributed by atoms with Gasteiger partial charge in [-0.25, -0.2) is 0 Å². The molecule has 0 radical (unpaired) electrons. The summed E-state index contributed by atoms with van der Waals surface area (Å²) in [6.07, 6.45) is 3.40. The molecule has 12 aromatic carbocycles. The van der Waals surface area contributed by atoms with Crippen molar-refractivity contribution in [2.24, 2.45) is 0 Å². The predicted molar refractivity (Wildman–Crippen MR) is 353 cm³/mol. The van der Waals surface area contributed by atoms with Crippen molar-refractivity contribution in [3.8, 4) is 55.6 Å². The van der Waals surface area contributed by atoms with Gasteiger partial charge in [-0.1, -0.05) is 233 Å². The van der Waals surface area contributed by atoms with E-state index in [0.717, 1.165) is 29.9 Å². The minimum Gasteiger partial charge on any atom is -0.376 e. The molecular weight excluding hydrogens is 1010 g/mol. The molecule has 0 atom stereocenters. The van der Waals surface area contributed by atoms with Gasteiger partial charge in [0.15, 0.2) is 0 Å². The summed E-state index contributed by atoms with van der Waals surface area (Å²) in [6, 6.07) is 104. The minimum atomic E-state index is -0.584. The lowest BCUT2D eigenvalue weighted by Gasteiger charge is -2.51. The normalized spacial score (nSPS) is 14.4. The average Bonchev–Trinajstić information content (AvgIpc) is 1.20. The molecule has 3 nitrogen and oxygen atoms in total. The van der Waals surface area contributed by atoms with Crippen molar-refractivity contribution >= 4 is 63.3 Å². The molecule has 0 amide bonds. The van der Waals surface area contributed by atoms with Gasteiger partial charge < -0.3 is 14.6 Å². The fraction of sp³-hybridized carbons (Fsp3) is 0.100. The van der Waals surface area contributed by atoms with E-state index in [2.05, 4.69) is 308 Å². The summed E-state index contributed by atoms with van der Waals surface area (Å²) in [4.78, 5) is 7.96. The Hall–Kier alpha value is -9.90. The third-order valence-corrected chi connectivity index (χ3v) is 19.4. The molecule has 17 rings (SSSR count). The van der Waals surface area contributed by atoms with Crippen LogP contribution in [0.4, 0.5) is 45.5 Å². The van der Waals surface area contributed by atoms with Crippen LogP contribution in [-0.4, -0.2) is 6.85 Å². The zero-order valence-corrected chi connectivity index (χ0v) is 47.5. The van der Waals surface area contributed by atoms with Gasteiger partial charge in [0.25, 0.3) is 0 Å². The third-order valence-electron chi connectivity index (χ3n) is 19.4. The summed E-state index contributed by atoms with van der Waals surface area (Å²) in [5.74, 6) is 0. The van der Waals surface area contributed by atoms with Crippen molar-refractivity contribution in [2.75, 3.05) is 14.6 Å². The largest absolute Gasteiger partial charge is 0.376 e. The molecule has 0 bridgehead atoms. The van der Waals surface area contributed by atoms with Crippen molar-refractivity contribution in [3.63, 3.8) is 0 Å². The van der Waals surface area contributed by atoms with Crippen molar-refractivity contribution in [1.82, 2.24) is 0 Å². The topological polar surface area (TPSA) is 9.72 Å². The Labute approximate surface area is 493 Å². The Morgan fingerprint density at radius 1 is 0.381 bits per heavy atom. The Kier molecular flexibility index (Phi) is 10.8. The second kappa shape index (κ2) is 18.6. The van der Waals surface area contributed by atoms with Gasteiger partial charge in [0.1, 0.15) is 0 Å². The Morgan fingerprint density at radius 2 is 0.929 bits per heavy atom. The fourth-order valence-electron chi connectivity index (χ4n) is 15.7. The van der Waals surface area contributed by atoms with Gasteiger partial charge in [-0.3, -0.25) is 0 Å². The number of anilines is 8. The zero-order chi connectivity index (χ0) is 55.8. The van der Waals surface area contributed by atoms with E-state index < -0.39 is 5.41 Å². The van der Waals surface area contributed by atoms with Gasteiger partial charge in [0.2, 0.25) is 0 Å². The van der Waals surface area contributed by atoms with Gasteiger partial charge in [0.05, 0.1) is 11.1 Å². The molecule has 0 saturated carbocycles. The smallest absolute Gasteiger partial charge is 0.333 e. The number of nitrogens with zero attached hydrogens (tertiary/aromatic N) is 3. The first-order valence-corrected chi connectivity index (χ1v) is 30.1. The molecule has 0 N–H and O–H groups in total. The summed E-state index contributed by atoms with van der Waals surface area (Å²) in [5.41, 5.74) is 33.0. The molecule has 0 saturated heterocycles. The van der Waals surface area contributed by atoms with E-state index >= 15 is 0 Å². The highest BCUT2D eigenvalue weighted by Gasteiger charge is 2.56. The number of unbranched alkanes of at least 4 members (excludes halogenated alkanes) is 1. The molecule has 0 unspecified atom stereocenters. The van der Waals surface area contributed by atoms with Crippen LogP contribution in [0.15, 0.2) is 273 Å². The van der Waals surface area contributed by atoms with E-state index in [-0.39, 0.29) is 12.3 Å². The van der Waals surface area contributed by atoms with Crippen LogP contribution < -0.4 is 25.5 Å². The third kappa shape index (κ3) is 6.89. The predicted octanol–water partition coefficient (Wildman–Crippen LogP) is 19.5. The number of para-hydroxylation sites is 2. The highest BCUT2D eigenvalue weighted by atomic mass is 15.2. The first-order valence-electron chi connectivity index (χ1n) is 30.1. The molecule has 12 aromatic rings. The van der Waals surface area contributed by atoms with Gasteiger partial charge in [-0.15, -0.1) is 0 Å². The number of hydrogen-bond acceptors (Lipinski definition) is 3. The van der Waals surface area contributed by atoms with Crippen LogP contribution in [0.5, 0.6) is 0 Å². The lowest BCUT2D eigenvalue weighted by molar-refractivity contribution is 0.660. The molecule has 3 heterocycles. The van der Waals surface area contributed by atoms with Crippen LogP contribution in [0, 0.1) is 0 Å². The number of aryl methyl sites for hydroxylation is 1. The van der Waals surface area contributed by atoms with E-state index in [1.807, 2.05) is 0 Å². The standard InChI is InChI=1S/C80H60BN3/c1-4-5-23-52-42-44-57(45-43-52)84-75-51-64-63-34-12-15-35-67(63)79(2,3)72(64)50-65(75)66-48-60(82(58-30-20-28-55(46-58)53-24-8-6-9-25-53)59-31-21-29-56(47-59)54-26-10-7-11-27-54)49-76-77(66)81(84)73-40-22-39-71-78(73)83(76)74-41-19-18-38-70(74)80(71)68-36-16-13-32-61(68)62-33-14-17-37-69(62)80/h6-22,24-51H,4-5,23H2,1-3H3. The number of hydrogen-bond donors (Lipinski definition) is 0. The lowest BCUT2D eigenvalue weighted by Crippen LogP contribution is -2.62. The maximum absolute atomic E-state index is 2.74. The van der Waals surface area contributed by atoms with E-state index in [1.54, 1.807) is 0 Å². The quantitative estimate of drug-likeness (QED) is 0.133. The summed E-state index contributed by atoms with van der Waals surface area (Å²) >= 11 is 0. The summed E-state index contributed by atoms with van der Waals surface area (Å²) in [6.45, 7) is 6.94. The molecule has 1 spiro atoms. The van der Waals surface area contributed by atoms with Gasteiger partial charge >= 0.3 is 6.85 Å². The molecule has 84 heavy (non-hydrogen) atoms. The van der Waals surface area contributed by atoms with Crippen LogP contribution in [0.1, 0.15) is 72.6 Å². The van der Waals surface area contributed by atoms with Crippen LogP contribution in [0.2, 0.25) is 0 Å². The molecule has 398 valence electrons. The number of fused-ring (bicyclic) bond motifs is 16. The van der Waals surface area contributed by atoms with Crippen molar-refractivity contribution < 1.29 is 0 Å². The van der Waals surface area contributed by atoms with E-state index in [9.17, 15) is 0 Å². The highest BCUT2D eigenvalue weighted by molar-refractivity contribution is 6.93. The van der Waals surface area contributed by atoms with Crippen molar-refractivity contribution in [2.45, 2.75) is 50.9 Å². The second-order valence-corrected chi connectivity index (χ2v) is 24.2. The van der Waals surface area contributed by atoms with E-state index in [0.29, 0.717) is 0 Å². The first kappa shape index (κ1) is 48.8. The van der Waals surface area contributed by atoms with E-state index in [1.165, 1.54) is 140 Å². The maximum atomic E-state index is 2.74. The zero-order valence-electron chi connectivity index (χ0n) is 47.5. The Bertz CT molecular complexity index is 4530. The monoisotopic (exact) mass is 1070 g/mol. The Morgan fingerprint density at radius 3 is 1.57 bits per heavy atom. The van der Waals surface area contributed by atoms with Crippen LogP contribution in [0.25, 0.3) is 55.6 Å². The maximum Gasteiger partial charge on any atom is 0.333 e. The highest BCUT2D eigenvalue weighted by Crippen LogP contribution is 2.65. The second-order valence-electron chi connectivity index (χ2n) is 24.2. The van der Waals surface area contributed by atoms with Crippen LogP contribution in [0.3, 0.4) is 0 Å². The van der Waals surface area contributed by atoms with Crippen LogP contribution >= 0.6 is 0 Å². The number of benzene rings is 12. The molecule has 5 aliphatic rings. The SMILES string of the molecule is CCCCc1ccc(N2B3c4cccc5c4N(c4ccccc4C54c5ccccc5-c5ccccc54)c4cc(N(c5cccc(-c6ccccc6)c5)c5cccc(-c6ccccc6)c5)cc(c43)-c3cc4c(cc32)-c2ccccc2C4(C)C)cc1. The van der Waals surface area contributed by atoms with Crippen molar-refractivity contribution in [3.05, 3.63) is 312 Å². The molecule has 0 aromatic heterocycles. The average molecular weight is 1070 g/mol. The minimum absolute atomic E-state index is 0.197. The summed E-state index contributed by atoms with van der Waals surface area (Å²) in [7, 11) is 0. The molecular formula is C80H60BN3. The van der Waals surface area contributed by atoms with Crippen molar-refractivity contribution in [1.29, 1.82) is 0 Å². The fourth-order valence-corrected chi connectivity index (χ4v) is 15.7. The molecule has 0 fully saturated rings.